The molecule has 0 aliphatic carbocycles. The molecule has 0 bridgehead atoms. The largest absolute Gasteiger partial charge is 0.478 e. The smallest absolute Gasteiger partial charge is 0.337 e. The van der Waals surface area contributed by atoms with Crippen LogP contribution in [0.15, 0.2) is 53.0 Å². The fourth-order valence-electron chi connectivity index (χ4n) is 4.21. The molecule has 0 spiro atoms. The molecule has 3 aromatic carbocycles. The van der Waals surface area contributed by atoms with E-state index in [2.05, 4.69) is 53.3 Å². The normalized spacial score (nSPS) is 17.9. The van der Waals surface area contributed by atoms with E-state index in [1.807, 2.05) is 18.2 Å². The Kier molecular flexibility index (Phi) is 5.84. The Balaban J connectivity index is 1.92. The van der Waals surface area contributed by atoms with E-state index in [1.165, 1.54) is 16.7 Å². The van der Waals surface area contributed by atoms with Gasteiger partial charge in [0.1, 0.15) is 0 Å². The number of hydrogen-bond acceptors (Lipinski definition) is 2. The molecule has 0 unspecified atom stereocenters. The molecule has 4 rings (SSSR count). The van der Waals surface area contributed by atoms with Crippen LogP contribution in [-0.4, -0.2) is 11.1 Å². The van der Waals surface area contributed by atoms with Crippen LogP contribution in [0.5, 0.6) is 0 Å². The number of aryl methyl sites for hydroxylation is 2. The second-order valence-electron chi connectivity index (χ2n) is 7.74. The molecule has 1 aliphatic rings. The highest BCUT2D eigenvalue weighted by Gasteiger charge is 2.33. The zero-order chi connectivity index (χ0) is 21.6. The molecule has 154 valence electrons. The maximum atomic E-state index is 12.0. The van der Waals surface area contributed by atoms with Gasteiger partial charge < -0.3 is 10.4 Å². The molecule has 0 saturated heterocycles. The van der Waals surface area contributed by atoms with E-state index in [1.54, 1.807) is 12.1 Å². The second kappa shape index (κ2) is 8.26. The maximum Gasteiger partial charge on any atom is 0.337 e. The fraction of sp³-hybridized carbons (Fsp3) is 0.208. The first-order chi connectivity index (χ1) is 14.2. The lowest BCUT2D eigenvalue weighted by molar-refractivity contribution is 0.0697. The molecule has 0 aromatic heterocycles. The van der Waals surface area contributed by atoms with Gasteiger partial charge in [0.15, 0.2) is 0 Å². The molecule has 0 fully saturated rings. The van der Waals surface area contributed by atoms with Crippen molar-refractivity contribution in [1.29, 1.82) is 0 Å². The molecule has 3 nitrogen and oxygen atoms in total. The lowest BCUT2D eigenvalue weighted by Gasteiger charge is -2.36. The van der Waals surface area contributed by atoms with Crippen molar-refractivity contribution in [3.63, 3.8) is 0 Å². The number of carboxylic acid groups (broad SMARTS) is 1. The summed E-state index contributed by atoms with van der Waals surface area (Å²) in [6, 6.07) is 15.6. The molecule has 30 heavy (non-hydrogen) atoms. The van der Waals surface area contributed by atoms with E-state index < -0.39 is 5.97 Å². The summed E-state index contributed by atoms with van der Waals surface area (Å²) in [5.41, 5.74) is 6.42. The van der Waals surface area contributed by atoms with Crippen molar-refractivity contribution in [3.05, 3.63) is 96.4 Å². The molecule has 1 aliphatic heterocycles. The van der Waals surface area contributed by atoms with Gasteiger partial charge in [0.25, 0.3) is 0 Å². The lowest BCUT2D eigenvalue weighted by atomic mass is 9.77. The number of nitrogens with one attached hydrogen (secondary N) is 1. The van der Waals surface area contributed by atoms with Gasteiger partial charge in [-0.25, -0.2) is 4.79 Å². The summed E-state index contributed by atoms with van der Waals surface area (Å²) in [4.78, 5) is 12.0. The van der Waals surface area contributed by atoms with E-state index in [4.69, 9.17) is 23.2 Å². The third-order valence-corrected chi connectivity index (χ3v) is 6.88. The summed E-state index contributed by atoms with van der Waals surface area (Å²) in [5.74, 6) is -0.925. The summed E-state index contributed by atoms with van der Waals surface area (Å²) in [6.45, 7) is 4.17. The van der Waals surface area contributed by atoms with Gasteiger partial charge in [0, 0.05) is 10.4 Å². The van der Waals surface area contributed by atoms with Crippen LogP contribution >= 0.6 is 39.1 Å². The summed E-state index contributed by atoms with van der Waals surface area (Å²) >= 11 is 15.9. The van der Waals surface area contributed by atoms with E-state index in [9.17, 15) is 9.90 Å². The SMILES string of the molecule is Cc1ccc(C)c([C@@H]2C[C@@H](c3ccc(Cl)c(Cl)c3)Nc3c(C(=O)O)cc(Br)cc32)c1. The van der Waals surface area contributed by atoms with Crippen molar-refractivity contribution < 1.29 is 9.90 Å². The van der Waals surface area contributed by atoms with Crippen LogP contribution in [0.3, 0.4) is 0 Å². The molecule has 0 radical (unpaired) electrons. The van der Waals surface area contributed by atoms with Crippen molar-refractivity contribution in [2.75, 3.05) is 5.32 Å². The van der Waals surface area contributed by atoms with Gasteiger partial charge in [0.2, 0.25) is 0 Å². The second-order valence-corrected chi connectivity index (χ2v) is 9.47. The first kappa shape index (κ1) is 21.2. The number of carboxylic acids is 1. The number of halogens is 3. The van der Waals surface area contributed by atoms with Crippen LogP contribution in [0.1, 0.15) is 56.6 Å². The molecule has 3 aromatic rings. The Morgan fingerprint density at radius 2 is 1.80 bits per heavy atom. The van der Waals surface area contributed by atoms with Crippen molar-refractivity contribution in [3.8, 4) is 0 Å². The molecule has 1 heterocycles. The topological polar surface area (TPSA) is 49.3 Å². The average Bonchev–Trinajstić information content (AvgIpc) is 2.70. The Hall–Kier alpha value is -2.01. The zero-order valence-electron chi connectivity index (χ0n) is 16.5. The predicted octanol–water partition coefficient (Wildman–Crippen LogP) is 7.76. The Labute approximate surface area is 194 Å². The first-order valence-corrected chi connectivity index (χ1v) is 11.1. The van der Waals surface area contributed by atoms with E-state index in [-0.39, 0.29) is 17.5 Å². The molecule has 0 amide bonds. The summed E-state index contributed by atoms with van der Waals surface area (Å²) in [6.07, 6.45) is 0.769. The monoisotopic (exact) mass is 503 g/mol. The van der Waals surface area contributed by atoms with Crippen molar-refractivity contribution in [1.82, 2.24) is 0 Å². The van der Waals surface area contributed by atoms with Gasteiger partial charge in [-0.1, -0.05) is 69.0 Å². The number of carbonyl (C=O) groups is 1. The van der Waals surface area contributed by atoms with Crippen LogP contribution in [-0.2, 0) is 0 Å². The zero-order valence-corrected chi connectivity index (χ0v) is 19.6. The quantitative estimate of drug-likeness (QED) is 0.383. The van der Waals surface area contributed by atoms with Crippen LogP contribution in [0.2, 0.25) is 10.0 Å². The molecule has 2 atom stereocenters. The number of rotatable bonds is 3. The van der Waals surface area contributed by atoms with E-state index in [0.717, 1.165) is 22.0 Å². The average molecular weight is 505 g/mol. The molecule has 6 heteroatoms. The van der Waals surface area contributed by atoms with Gasteiger partial charge in [-0.2, -0.15) is 0 Å². The Morgan fingerprint density at radius 1 is 1.03 bits per heavy atom. The molecule has 0 saturated carbocycles. The number of anilines is 1. The third kappa shape index (κ3) is 3.96. The van der Waals surface area contributed by atoms with Gasteiger partial charge in [0.05, 0.1) is 27.3 Å². The van der Waals surface area contributed by atoms with Crippen LogP contribution in [0, 0.1) is 13.8 Å². The molecule has 2 N–H and O–H groups in total. The van der Waals surface area contributed by atoms with Crippen LogP contribution < -0.4 is 5.32 Å². The standard InChI is InChI=1S/C24H20BrCl2NO2/c1-12-3-4-13(2)16(7-12)17-11-22(14-5-6-20(26)21(27)8-14)28-23-18(17)9-15(25)10-19(23)24(29)30/h3-10,17,22,28H,11H2,1-2H3,(H,29,30)/t17-,22-/m0/s1. The van der Waals surface area contributed by atoms with Gasteiger partial charge in [-0.3, -0.25) is 0 Å². The number of aromatic carboxylic acids is 1. The summed E-state index contributed by atoms with van der Waals surface area (Å²) < 4.78 is 0.753. The van der Waals surface area contributed by atoms with Crippen molar-refractivity contribution in [2.24, 2.45) is 0 Å². The highest BCUT2D eigenvalue weighted by molar-refractivity contribution is 9.10. The molecular weight excluding hydrogens is 485 g/mol. The van der Waals surface area contributed by atoms with Gasteiger partial charge in [-0.15, -0.1) is 0 Å². The minimum Gasteiger partial charge on any atom is -0.478 e. The van der Waals surface area contributed by atoms with Gasteiger partial charge in [-0.05, 0) is 66.8 Å². The summed E-state index contributed by atoms with van der Waals surface area (Å²) in [5, 5.41) is 14.3. The first-order valence-electron chi connectivity index (χ1n) is 9.60. The highest BCUT2D eigenvalue weighted by atomic mass is 79.9. The van der Waals surface area contributed by atoms with E-state index in [0.29, 0.717) is 15.7 Å². The van der Waals surface area contributed by atoms with Crippen molar-refractivity contribution >= 4 is 50.8 Å². The number of fused-ring (bicyclic) bond motifs is 1. The van der Waals surface area contributed by atoms with E-state index >= 15 is 0 Å². The lowest BCUT2D eigenvalue weighted by Crippen LogP contribution is -2.25. The summed E-state index contributed by atoms with van der Waals surface area (Å²) in [7, 11) is 0. The fourth-order valence-corrected chi connectivity index (χ4v) is 4.99. The number of benzene rings is 3. The molecular formula is C24H20BrCl2NO2. The van der Waals surface area contributed by atoms with Crippen LogP contribution in [0.25, 0.3) is 0 Å². The Morgan fingerprint density at radius 3 is 2.50 bits per heavy atom. The van der Waals surface area contributed by atoms with Crippen molar-refractivity contribution in [2.45, 2.75) is 32.2 Å². The minimum atomic E-state index is -0.963. The highest BCUT2D eigenvalue weighted by Crippen LogP contribution is 2.47. The number of hydrogen-bond donors (Lipinski definition) is 2. The van der Waals surface area contributed by atoms with Crippen LogP contribution in [0.4, 0.5) is 5.69 Å². The van der Waals surface area contributed by atoms with Gasteiger partial charge >= 0.3 is 5.97 Å². The predicted molar refractivity (Wildman–Crippen MR) is 126 cm³/mol. The maximum absolute atomic E-state index is 12.0. The Bertz CT molecular complexity index is 1160. The third-order valence-electron chi connectivity index (χ3n) is 5.69. The minimum absolute atomic E-state index is 0.0382.